The van der Waals surface area contributed by atoms with Crippen molar-refractivity contribution >= 4 is 46.4 Å². The standard InChI is InChI=1S/C20H18ClN3O7/c1-30-15-6-7-17(24(28)29)16(9-15)22-18(25)11-31-20(27)12-8-19(26)23(10-12)14-4-2-13(21)3-5-14/h2-7,9,12H,8,10-11H2,1H3,(H,22,25)/t12-/m0/s1. The molecule has 1 fully saturated rings. The second kappa shape index (κ2) is 9.43. The number of nitro groups is 1. The first kappa shape index (κ1) is 22.0. The van der Waals surface area contributed by atoms with Crippen LogP contribution in [0.3, 0.4) is 0 Å². The number of amides is 2. The third-order valence-corrected chi connectivity index (χ3v) is 4.87. The number of hydrogen-bond acceptors (Lipinski definition) is 7. The van der Waals surface area contributed by atoms with Crippen molar-refractivity contribution in [2.75, 3.05) is 30.5 Å². The Morgan fingerprint density at radius 3 is 2.61 bits per heavy atom. The van der Waals surface area contributed by atoms with Gasteiger partial charge in [-0.15, -0.1) is 0 Å². The van der Waals surface area contributed by atoms with E-state index in [1.54, 1.807) is 24.3 Å². The van der Waals surface area contributed by atoms with E-state index in [-0.39, 0.29) is 30.2 Å². The third-order valence-electron chi connectivity index (χ3n) is 4.62. The quantitative estimate of drug-likeness (QED) is 0.392. The molecule has 31 heavy (non-hydrogen) atoms. The van der Waals surface area contributed by atoms with E-state index in [0.717, 1.165) is 0 Å². The molecule has 0 bridgehead atoms. The number of esters is 1. The molecule has 0 saturated carbocycles. The van der Waals surface area contributed by atoms with Crippen molar-refractivity contribution < 1.29 is 28.8 Å². The molecule has 2 amide bonds. The largest absolute Gasteiger partial charge is 0.497 e. The van der Waals surface area contributed by atoms with Gasteiger partial charge in [0, 0.05) is 35.8 Å². The number of nitrogens with zero attached hydrogens (tertiary/aromatic N) is 2. The van der Waals surface area contributed by atoms with Gasteiger partial charge in [0.1, 0.15) is 11.4 Å². The van der Waals surface area contributed by atoms with Gasteiger partial charge in [-0.3, -0.25) is 24.5 Å². The summed E-state index contributed by atoms with van der Waals surface area (Å²) < 4.78 is 10.0. The predicted octanol–water partition coefficient (Wildman–Crippen LogP) is 2.79. The number of ether oxygens (including phenoxy) is 2. The summed E-state index contributed by atoms with van der Waals surface area (Å²) in [6, 6.07) is 10.5. The summed E-state index contributed by atoms with van der Waals surface area (Å²) in [4.78, 5) is 48.6. The maximum absolute atomic E-state index is 12.3. The fourth-order valence-corrected chi connectivity index (χ4v) is 3.20. The molecule has 2 aromatic rings. The molecule has 1 heterocycles. The molecule has 0 spiro atoms. The lowest BCUT2D eigenvalue weighted by molar-refractivity contribution is -0.383. The normalized spacial score (nSPS) is 15.5. The topological polar surface area (TPSA) is 128 Å². The van der Waals surface area contributed by atoms with Crippen LogP contribution in [0.5, 0.6) is 5.75 Å². The Kier molecular flexibility index (Phi) is 6.71. The Hall–Kier alpha value is -3.66. The van der Waals surface area contributed by atoms with Crippen molar-refractivity contribution in [3.63, 3.8) is 0 Å². The van der Waals surface area contributed by atoms with Gasteiger partial charge in [-0.05, 0) is 30.3 Å². The van der Waals surface area contributed by atoms with Crippen molar-refractivity contribution in [1.29, 1.82) is 0 Å². The summed E-state index contributed by atoms with van der Waals surface area (Å²) in [6.45, 7) is -0.541. The third kappa shape index (κ3) is 5.28. The molecule has 0 aliphatic carbocycles. The summed E-state index contributed by atoms with van der Waals surface area (Å²) in [5, 5.41) is 14.0. The molecule has 1 atom stereocenters. The summed E-state index contributed by atoms with van der Waals surface area (Å²) in [7, 11) is 1.38. The minimum absolute atomic E-state index is 0.0512. The summed E-state index contributed by atoms with van der Waals surface area (Å²) >= 11 is 5.85. The number of methoxy groups -OCH3 is 1. The smallest absolute Gasteiger partial charge is 0.311 e. The van der Waals surface area contributed by atoms with Gasteiger partial charge in [0.05, 0.1) is 18.0 Å². The summed E-state index contributed by atoms with van der Waals surface area (Å²) in [5.41, 5.74) is 0.184. The zero-order valence-corrected chi connectivity index (χ0v) is 17.1. The van der Waals surface area contributed by atoms with E-state index in [2.05, 4.69) is 5.32 Å². The van der Waals surface area contributed by atoms with E-state index in [4.69, 9.17) is 21.1 Å². The Labute approximate surface area is 181 Å². The second-order valence-electron chi connectivity index (χ2n) is 6.68. The van der Waals surface area contributed by atoms with Crippen LogP contribution in [0.2, 0.25) is 5.02 Å². The van der Waals surface area contributed by atoms with Gasteiger partial charge >= 0.3 is 5.97 Å². The average Bonchev–Trinajstić information content (AvgIpc) is 3.14. The first-order valence-corrected chi connectivity index (χ1v) is 9.51. The van der Waals surface area contributed by atoms with Gasteiger partial charge in [0.15, 0.2) is 6.61 Å². The Balaban J connectivity index is 1.57. The van der Waals surface area contributed by atoms with Crippen LogP contribution in [0, 0.1) is 16.0 Å². The molecule has 1 saturated heterocycles. The number of anilines is 2. The monoisotopic (exact) mass is 447 g/mol. The minimum Gasteiger partial charge on any atom is -0.497 e. The van der Waals surface area contributed by atoms with E-state index >= 15 is 0 Å². The zero-order chi connectivity index (χ0) is 22.5. The Morgan fingerprint density at radius 1 is 1.26 bits per heavy atom. The lowest BCUT2D eigenvalue weighted by Crippen LogP contribution is -2.28. The highest BCUT2D eigenvalue weighted by molar-refractivity contribution is 6.30. The summed E-state index contributed by atoms with van der Waals surface area (Å²) in [6.07, 6.45) is -0.0512. The van der Waals surface area contributed by atoms with E-state index < -0.39 is 29.3 Å². The molecule has 1 aliphatic heterocycles. The van der Waals surface area contributed by atoms with Crippen LogP contribution in [0.1, 0.15) is 6.42 Å². The minimum atomic E-state index is -0.761. The summed E-state index contributed by atoms with van der Waals surface area (Å²) in [5.74, 6) is -2.14. The van der Waals surface area contributed by atoms with Gasteiger partial charge < -0.3 is 19.7 Å². The average molecular weight is 448 g/mol. The number of halogens is 1. The number of carbonyl (C=O) groups is 3. The van der Waals surface area contributed by atoms with Crippen LogP contribution >= 0.6 is 11.6 Å². The molecule has 3 rings (SSSR count). The van der Waals surface area contributed by atoms with Crippen molar-refractivity contribution in [3.05, 3.63) is 57.6 Å². The van der Waals surface area contributed by atoms with E-state index in [1.165, 1.54) is 30.2 Å². The van der Waals surface area contributed by atoms with Crippen molar-refractivity contribution in [2.24, 2.45) is 5.92 Å². The fraction of sp³-hybridized carbons (Fsp3) is 0.250. The van der Waals surface area contributed by atoms with Crippen molar-refractivity contribution in [1.82, 2.24) is 0 Å². The molecule has 1 N–H and O–H groups in total. The molecule has 0 unspecified atom stereocenters. The van der Waals surface area contributed by atoms with Gasteiger partial charge in [-0.25, -0.2) is 0 Å². The van der Waals surface area contributed by atoms with Crippen molar-refractivity contribution in [3.8, 4) is 5.75 Å². The van der Waals surface area contributed by atoms with Crippen LogP contribution in [-0.4, -0.2) is 43.0 Å². The van der Waals surface area contributed by atoms with Crippen LogP contribution in [0.25, 0.3) is 0 Å². The zero-order valence-electron chi connectivity index (χ0n) is 16.4. The molecular weight excluding hydrogens is 430 g/mol. The van der Waals surface area contributed by atoms with E-state index in [9.17, 15) is 24.5 Å². The number of carbonyl (C=O) groups excluding carboxylic acids is 3. The maximum Gasteiger partial charge on any atom is 0.311 e. The van der Waals surface area contributed by atoms with Crippen molar-refractivity contribution in [2.45, 2.75) is 6.42 Å². The van der Waals surface area contributed by atoms with Gasteiger partial charge in [0.25, 0.3) is 11.6 Å². The molecule has 162 valence electrons. The SMILES string of the molecule is COc1ccc([N+](=O)[O-])c(NC(=O)COC(=O)[C@H]2CC(=O)N(c3ccc(Cl)cc3)C2)c1. The van der Waals surface area contributed by atoms with Crippen LogP contribution in [-0.2, 0) is 19.1 Å². The molecule has 2 aromatic carbocycles. The number of benzene rings is 2. The second-order valence-corrected chi connectivity index (χ2v) is 7.11. The lowest BCUT2D eigenvalue weighted by atomic mass is 10.1. The molecule has 11 heteroatoms. The molecular formula is C20H18ClN3O7. The Morgan fingerprint density at radius 2 is 1.97 bits per heavy atom. The number of hydrogen-bond donors (Lipinski definition) is 1. The van der Waals surface area contributed by atoms with Gasteiger partial charge in [-0.1, -0.05) is 11.6 Å². The highest BCUT2D eigenvalue weighted by Gasteiger charge is 2.36. The van der Waals surface area contributed by atoms with Gasteiger partial charge in [0.2, 0.25) is 5.91 Å². The van der Waals surface area contributed by atoms with E-state index in [1.807, 2.05) is 0 Å². The van der Waals surface area contributed by atoms with Crippen LogP contribution in [0.15, 0.2) is 42.5 Å². The van der Waals surface area contributed by atoms with Crippen LogP contribution < -0.4 is 15.0 Å². The molecule has 10 nitrogen and oxygen atoms in total. The maximum atomic E-state index is 12.3. The predicted molar refractivity (Wildman–Crippen MR) is 111 cm³/mol. The fourth-order valence-electron chi connectivity index (χ4n) is 3.08. The Bertz CT molecular complexity index is 1030. The van der Waals surface area contributed by atoms with E-state index in [0.29, 0.717) is 16.5 Å². The van der Waals surface area contributed by atoms with Gasteiger partial charge in [-0.2, -0.15) is 0 Å². The molecule has 1 aliphatic rings. The number of rotatable bonds is 7. The lowest BCUT2D eigenvalue weighted by Gasteiger charge is -2.16. The highest BCUT2D eigenvalue weighted by atomic mass is 35.5. The van der Waals surface area contributed by atoms with Crippen LogP contribution in [0.4, 0.5) is 17.1 Å². The number of nitro benzene ring substituents is 1. The molecule has 0 radical (unpaired) electrons. The number of nitrogens with one attached hydrogen (secondary N) is 1. The molecule has 0 aromatic heterocycles. The first-order chi connectivity index (χ1) is 14.8. The highest BCUT2D eigenvalue weighted by Crippen LogP contribution is 2.29. The first-order valence-electron chi connectivity index (χ1n) is 9.13.